The van der Waals surface area contributed by atoms with Crippen LogP contribution in [0.3, 0.4) is 0 Å². The third-order valence-electron chi connectivity index (χ3n) is 2.31. The van der Waals surface area contributed by atoms with Gasteiger partial charge in [0.1, 0.15) is 11.7 Å². The van der Waals surface area contributed by atoms with Crippen molar-refractivity contribution in [3.63, 3.8) is 0 Å². The van der Waals surface area contributed by atoms with Gasteiger partial charge in [-0.15, -0.1) is 0 Å². The highest BCUT2D eigenvalue weighted by Crippen LogP contribution is 2.26. The smallest absolute Gasteiger partial charge is 0.191 e. The molecule has 0 unspecified atom stereocenters. The molecule has 15 heavy (non-hydrogen) atoms. The molecule has 0 fully saturated rings. The molecule has 0 atom stereocenters. The first-order valence-corrected chi connectivity index (χ1v) is 4.29. The number of fused-ring (bicyclic) bond motifs is 1. The molecule has 1 nitrogen and oxygen atoms in total. The van der Waals surface area contributed by atoms with Crippen molar-refractivity contribution in [2.24, 2.45) is 0 Å². The molecule has 0 aromatic carbocycles. The largest absolute Gasteiger partial charge is 0.359 e. The number of allylic oxidation sites excluding steroid dienone is 2. The van der Waals surface area contributed by atoms with Crippen LogP contribution in [-0.2, 0) is 0 Å². The molecule has 1 aromatic rings. The average molecular weight is 217 g/mol. The van der Waals surface area contributed by atoms with Crippen LogP contribution in [0, 0.1) is 6.92 Å². The van der Waals surface area contributed by atoms with Crippen LogP contribution >= 0.6 is 0 Å². The normalized spacial score (nSPS) is 16.9. The third-order valence-corrected chi connectivity index (χ3v) is 2.31. The SMILES string of the molecule is Cc1c[nH]c2c1=C(F)C(F)=C(F)CC=2F. The van der Waals surface area contributed by atoms with Gasteiger partial charge in [0.05, 0.1) is 11.8 Å². The summed E-state index contributed by atoms with van der Waals surface area (Å²) in [6.45, 7) is 1.48. The fraction of sp³-hybridized carbons (Fsp3) is 0.200. The Kier molecular flexibility index (Phi) is 2.17. The number of hydrogen-bond donors (Lipinski definition) is 1. The van der Waals surface area contributed by atoms with Crippen molar-refractivity contribution in [1.82, 2.24) is 4.98 Å². The standard InChI is InChI=1S/C10H7F4N/c1-4-3-15-10-6(12)2-5(11)8(13)9(14)7(4)10/h3,15H,2H2,1H3. The topological polar surface area (TPSA) is 15.8 Å². The summed E-state index contributed by atoms with van der Waals surface area (Å²) >= 11 is 0. The second-order valence-electron chi connectivity index (χ2n) is 3.34. The van der Waals surface area contributed by atoms with E-state index in [1.54, 1.807) is 0 Å². The molecule has 1 N–H and O–H groups in total. The number of aryl methyl sites for hydroxylation is 1. The zero-order chi connectivity index (χ0) is 11.2. The predicted octanol–water partition coefficient (Wildman–Crippen LogP) is 2.03. The third kappa shape index (κ3) is 1.38. The van der Waals surface area contributed by atoms with Crippen molar-refractivity contribution in [3.8, 4) is 0 Å². The first-order chi connectivity index (χ1) is 7.02. The van der Waals surface area contributed by atoms with Crippen LogP contribution in [-0.4, -0.2) is 4.98 Å². The van der Waals surface area contributed by atoms with E-state index in [1.165, 1.54) is 13.1 Å². The van der Waals surface area contributed by atoms with E-state index in [4.69, 9.17) is 0 Å². The Labute approximate surface area is 82.4 Å². The minimum atomic E-state index is -1.62. The van der Waals surface area contributed by atoms with Crippen LogP contribution in [0.15, 0.2) is 17.9 Å². The van der Waals surface area contributed by atoms with Gasteiger partial charge in [0.2, 0.25) is 0 Å². The minimum Gasteiger partial charge on any atom is -0.359 e. The maximum absolute atomic E-state index is 13.4. The number of nitrogens with one attached hydrogen (secondary N) is 1. The molecule has 1 aliphatic carbocycles. The highest BCUT2D eigenvalue weighted by atomic mass is 19.2. The molecule has 2 rings (SSSR count). The van der Waals surface area contributed by atoms with Gasteiger partial charge in [-0.3, -0.25) is 0 Å². The second-order valence-corrected chi connectivity index (χ2v) is 3.34. The van der Waals surface area contributed by atoms with E-state index in [-0.39, 0.29) is 10.6 Å². The Morgan fingerprint density at radius 1 is 1.07 bits per heavy atom. The van der Waals surface area contributed by atoms with Gasteiger partial charge < -0.3 is 4.98 Å². The highest BCUT2D eigenvalue weighted by Gasteiger charge is 2.20. The first kappa shape index (κ1) is 10.0. The van der Waals surface area contributed by atoms with Crippen molar-refractivity contribution in [3.05, 3.63) is 34.0 Å². The lowest BCUT2D eigenvalue weighted by Crippen LogP contribution is -2.27. The van der Waals surface area contributed by atoms with Crippen molar-refractivity contribution < 1.29 is 17.6 Å². The van der Waals surface area contributed by atoms with Crippen molar-refractivity contribution in [2.45, 2.75) is 13.3 Å². The van der Waals surface area contributed by atoms with Crippen LogP contribution < -0.4 is 10.6 Å². The fourth-order valence-corrected chi connectivity index (χ4v) is 1.55. The van der Waals surface area contributed by atoms with E-state index in [1.807, 2.05) is 0 Å². The van der Waals surface area contributed by atoms with Gasteiger partial charge in [0.15, 0.2) is 11.7 Å². The van der Waals surface area contributed by atoms with Crippen LogP contribution in [0.4, 0.5) is 17.6 Å². The number of aromatic amines is 1. The molecule has 0 saturated carbocycles. The van der Waals surface area contributed by atoms with Crippen LogP contribution in [0.2, 0.25) is 0 Å². The lowest BCUT2D eigenvalue weighted by molar-refractivity contribution is 0.516. The zero-order valence-corrected chi connectivity index (χ0v) is 7.80. The van der Waals surface area contributed by atoms with E-state index in [9.17, 15) is 17.6 Å². The van der Waals surface area contributed by atoms with Crippen molar-refractivity contribution in [1.29, 1.82) is 0 Å². The summed E-state index contributed by atoms with van der Waals surface area (Å²) in [5.74, 6) is -5.30. The molecule has 0 bridgehead atoms. The van der Waals surface area contributed by atoms with E-state index in [0.29, 0.717) is 5.56 Å². The molecule has 0 amide bonds. The molecule has 0 spiro atoms. The summed E-state index contributed by atoms with van der Waals surface area (Å²) < 4.78 is 52.6. The van der Waals surface area contributed by atoms with Crippen LogP contribution in [0.25, 0.3) is 11.7 Å². The van der Waals surface area contributed by atoms with Gasteiger partial charge in [-0.1, -0.05) is 0 Å². The molecule has 0 radical (unpaired) electrons. The van der Waals surface area contributed by atoms with Gasteiger partial charge in [-0.05, 0) is 12.5 Å². The Bertz CT molecular complexity index is 565. The summed E-state index contributed by atoms with van der Waals surface area (Å²) in [5.41, 5.74) is 0.336. The van der Waals surface area contributed by atoms with Crippen LogP contribution in [0.5, 0.6) is 0 Å². The maximum atomic E-state index is 13.4. The Morgan fingerprint density at radius 3 is 2.40 bits per heavy atom. The van der Waals surface area contributed by atoms with E-state index in [2.05, 4.69) is 4.98 Å². The van der Waals surface area contributed by atoms with Gasteiger partial charge in [0, 0.05) is 11.4 Å². The van der Waals surface area contributed by atoms with Crippen molar-refractivity contribution >= 4 is 11.7 Å². The molecule has 80 valence electrons. The van der Waals surface area contributed by atoms with Gasteiger partial charge >= 0.3 is 0 Å². The average Bonchev–Trinajstić information content (AvgIpc) is 2.54. The summed E-state index contributed by atoms with van der Waals surface area (Å²) in [6.07, 6.45) is 0.493. The monoisotopic (exact) mass is 217 g/mol. The Balaban J connectivity index is 2.99. The maximum Gasteiger partial charge on any atom is 0.191 e. The second kappa shape index (κ2) is 3.25. The fourth-order valence-electron chi connectivity index (χ4n) is 1.55. The van der Waals surface area contributed by atoms with Gasteiger partial charge in [-0.2, -0.15) is 0 Å². The number of hydrogen-bond acceptors (Lipinski definition) is 0. The van der Waals surface area contributed by atoms with Crippen LogP contribution in [0.1, 0.15) is 12.0 Å². The summed E-state index contributed by atoms with van der Waals surface area (Å²) in [4.78, 5) is 2.45. The van der Waals surface area contributed by atoms with E-state index < -0.39 is 29.7 Å². The summed E-state index contributed by atoms with van der Waals surface area (Å²) in [6, 6.07) is 0. The molecule has 1 heterocycles. The molecule has 1 aromatic heterocycles. The number of halogens is 4. The molecule has 1 aliphatic rings. The highest BCUT2D eigenvalue weighted by molar-refractivity contribution is 5.60. The summed E-state index contributed by atoms with van der Waals surface area (Å²) in [5, 5.41) is -0.426. The minimum absolute atomic E-state index is 0.187. The molecular formula is C10H7F4N. The predicted molar refractivity (Wildman–Crippen MR) is 47.7 cm³/mol. The Morgan fingerprint density at radius 2 is 1.73 bits per heavy atom. The molecule has 0 aliphatic heterocycles. The number of aromatic nitrogens is 1. The molecular weight excluding hydrogens is 210 g/mol. The van der Waals surface area contributed by atoms with Gasteiger partial charge in [-0.25, -0.2) is 17.6 Å². The Hall–Kier alpha value is -1.52. The van der Waals surface area contributed by atoms with Gasteiger partial charge in [0.25, 0.3) is 0 Å². The van der Waals surface area contributed by atoms with Crippen molar-refractivity contribution in [2.75, 3.05) is 0 Å². The molecule has 5 heteroatoms. The number of H-pyrrole nitrogens is 1. The van der Waals surface area contributed by atoms with E-state index in [0.717, 1.165) is 0 Å². The quantitative estimate of drug-likeness (QED) is 0.640. The zero-order valence-electron chi connectivity index (χ0n) is 7.80. The lowest BCUT2D eigenvalue weighted by Gasteiger charge is -1.94. The lowest BCUT2D eigenvalue weighted by atomic mass is 10.2. The summed E-state index contributed by atoms with van der Waals surface area (Å²) in [7, 11) is 0. The van der Waals surface area contributed by atoms with E-state index >= 15 is 0 Å². The number of rotatable bonds is 0. The molecule has 0 saturated heterocycles. The first-order valence-electron chi connectivity index (χ1n) is 4.29.